The second-order valence-corrected chi connectivity index (χ2v) is 9.70. The van der Waals surface area contributed by atoms with Gasteiger partial charge in [0.05, 0.1) is 17.3 Å². The number of nitrogens with one attached hydrogen (secondary N) is 3. The van der Waals surface area contributed by atoms with E-state index in [1.54, 1.807) is 0 Å². The summed E-state index contributed by atoms with van der Waals surface area (Å²) in [5, 5.41) is 23.7. The number of fused-ring (bicyclic) bond motifs is 2. The standard InChI is InChI=1S/C26H20ClF2N9O2/c1-12-14-5-7-20(16(14)4-3-15(12)23-34-36-37-35-23)33-26(40)22-9-21(32-24-19(29)11-31-38(22)24)25(39)30-10-13-2-6-18(28)17(27)8-13/h2-4,6,8-9,11,20H,5,7,10H2,1H3,(H,30,39)(H,33,40)(H,34,35,36,37)/t20-/m0/s1. The van der Waals surface area contributed by atoms with Gasteiger partial charge in [-0.2, -0.15) is 10.3 Å². The highest BCUT2D eigenvalue weighted by molar-refractivity contribution is 6.30. The molecule has 5 aromatic rings. The average molecular weight is 564 g/mol. The number of aromatic nitrogens is 7. The van der Waals surface area contributed by atoms with E-state index in [1.807, 2.05) is 19.1 Å². The summed E-state index contributed by atoms with van der Waals surface area (Å²) < 4.78 is 29.0. The summed E-state index contributed by atoms with van der Waals surface area (Å²) in [6.07, 6.45) is 2.29. The molecule has 0 radical (unpaired) electrons. The van der Waals surface area contributed by atoms with Gasteiger partial charge in [0.2, 0.25) is 5.82 Å². The molecule has 11 nitrogen and oxygen atoms in total. The minimum absolute atomic E-state index is 0.0129. The molecule has 40 heavy (non-hydrogen) atoms. The number of carbonyl (C=O) groups excluding carboxylic acids is 2. The Hall–Kier alpha value is -4.78. The van der Waals surface area contributed by atoms with Gasteiger partial charge in [-0.1, -0.05) is 29.8 Å². The Balaban J connectivity index is 1.25. The van der Waals surface area contributed by atoms with Gasteiger partial charge in [0, 0.05) is 18.2 Å². The molecule has 14 heteroatoms. The molecule has 6 rings (SSSR count). The molecule has 2 aromatic carbocycles. The van der Waals surface area contributed by atoms with Crippen molar-refractivity contribution in [3.8, 4) is 11.4 Å². The van der Waals surface area contributed by atoms with Crippen LogP contribution in [0.4, 0.5) is 8.78 Å². The molecular formula is C26H20ClF2N9O2. The summed E-state index contributed by atoms with van der Waals surface area (Å²) in [7, 11) is 0. The number of H-pyrrole nitrogens is 1. The Kier molecular flexibility index (Phi) is 6.42. The van der Waals surface area contributed by atoms with Gasteiger partial charge in [0.25, 0.3) is 11.8 Å². The predicted molar refractivity (Wildman–Crippen MR) is 138 cm³/mol. The Bertz CT molecular complexity index is 1790. The number of hydrogen-bond donors (Lipinski definition) is 3. The SMILES string of the molecule is Cc1c(-c2nn[nH]n2)ccc2c1CC[C@@H]2NC(=O)c1cc(C(=O)NCc2ccc(F)c(Cl)c2)nc2c(F)cnn12. The minimum Gasteiger partial charge on any atom is -0.347 e. The van der Waals surface area contributed by atoms with Crippen molar-refractivity contribution in [2.75, 3.05) is 0 Å². The van der Waals surface area contributed by atoms with Crippen molar-refractivity contribution in [3.05, 3.63) is 92.9 Å². The van der Waals surface area contributed by atoms with Crippen LogP contribution in [0.25, 0.3) is 17.0 Å². The molecule has 0 saturated heterocycles. The van der Waals surface area contributed by atoms with Crippen LogP contribution >= 0.6 is 11.6 Å². The van der Waals surface area contributed by atoms with E-state index >= 15 is 0 Å². The number of rotatable bonds is 6. The topological polar surface area (TPSA) is 143 Å². The van der Waals surface area contributed by atoms with Crippen LogP contribution in [0.5, 0.6) is 0 Å². The van der Waals surface area contributed by atoms with E-state index in [-0.39, 0.29) is 34.6 Å². The first-order chi connectivity index (χ1) is 19.3. The first-order valence-corrected chi connectivity index (χ1v) is 12.6. The molecule has 1 atom stereocenters. The Morgan fingerprint density at radius 1 is 1.15 bits per heavy atom. The van der Waals surface area contributed by atoms with Gasteiger partial charge in [-0.05, 0) is 59.4 Å². The smallest absolute Gasteiger partial charge is 0.270 e. The molecule has 3 aromatic heterocycles. The van der Waals surface area contributed by atoms with Crippen LogP contribution < -0.4 is 10.6 Å². The van der Waals surface area contributed by atoms with E-state index in [4.69, 9.17) is 11.6 Å². The summed E-state index contributed by atoms with van der Waals surface area (Å²) in [5.41, 5.74) is 3.92. The molecule has 3 N–H and O–H groups in total. The number of carbonyl (C=O) groups is 2. The van der Waals surface area contributed by atoms with Gasteiger partial charge in [0.15, 0.2) is 11.5 Å². The second-order valence-electron chi connectivity index (χ2n) is 9.29. The second kappa shape index (κ2) is 10.1. The Morgan fingerprint density at radius 2 is 2.00 bits per heavy atom. The summed E-state index contributed by atoms with van der Waals surface area (Å²) in [6.45, 7) is 1.98. The summed E-state index contributed by atoms with van der Waals surface area (Å²) in [5.74, 6) is -2.09. The van der Waals surface area contributed by atoms with Gasteiger partial charge >= 0.3 is 0 Å². The normalized spacial score (nSPS) is 14.3. The summed E-state index contributed by atoms with van der Waals surface area (Å²) in [4.78, 5) is 30.4. The molecule has 0 aliphatic heterocycles. The number of halogens is 3. The van der Waals surface area contributed by atoms with E-state index in [2.05, 4.69) is 41.3 Å². The van der Waals surface area contributed by atoms with Crippen LogP contribution in [0.15, 0.2) is 42.6 Å². The number of amides is 2. The van der Waals surface area contributed by atoms with E-state index in [0.717, 1.165) is 39.4 Å². The maximum Gasteiger partial charge on any atom is 0.270 e. The molecule has 2 amide bonds. The largest absolute Gasteiger partial charge is 0.347 e. The Labute approximate surface area is 230 Å². The molecule has 3 heterocycles. The fourth-order valence-electron chi connectivity index (χ4n) is 4.92. The van der Waals surface area contributed by atoms with Crippen LogP contribution in [0.3, 0.4) is 0 Å². The quantitative estimate of drug-likeness (QED) is 0.287. The van der Waals surface area contributed by atoms with Gasteiger partial charge in [-0.3, -0.25) is 9.59 Å². The van der Waals surface area contributed by atoms with E-state index in [1.165, 1.54) is 24.3 Å². The van der Waals surface area contributed by atoms with Gasteiger partial charge in [-0.25, -0.2) is 18.3 Å². The molecule has 202 valence electrons. The van der Waals surface area contributed by atoms with Crippen LogP contribution in [0.1, 0.15) is 55.7 Å². The monoisotopic (exact) mass is 563 g/mol. The maximum absolute atomic E-state index is 14.5. The van der Waals surface area contributed by atoms with Gasteiger partial charge in [-0.15, -0.1) is 10.2 Å². The number of hydrogen-bond acceptors (Lipinski definition) is 7. The predicted octanol–water partition coefficient (Wildman–Crippen LogP) is 3.50. The number of tetrazole rings is 1. The molecule has 0 spiro atoms. The van der Waals surface area contributed by atoms with Crippen molar-refractivity contribution in [3.63, 3.8) is 0 Å². The third-order valence-corrected chi connectivity index (χ3v) is 7.21. The van der Waals surface area contributed by atoms with Crippen molar-refractivity contribution in [1.82, 2.24) is 45.9 Å². The Morgan fingerprint density at radius 3 is 2.77 bits per heavy atom. The number of aromatic amines is 1. The van der Waals surface area contributed by atoms with Gasteiger partial charge < -0.3 is 10.6 Å². The molecule has 1 aliphatic carbocycles. The lowest BCUT2D eigenvalue weighted by Gasteiger charge is -2.16. The average Bonchev–Trinajstić information content (AvgIpc) is 3.70. The van der Waals surface area contributed by atoms with Crippen LogP contribution in [0.2, 0.25) is 5.02 Å². The highest BCUT2D eigenvalue weighted by Gasteiger charge is 2.29. The molecule has 0 unspecified atom stereocenters. The van der Waals surface area contributed by atoms with Crippen LogP contribution in [-0.4, -0.2) is 47.0 Å². The molecule has 0 fully saturated rings. The third-order valence-electron chi connectivity index (χ3n) is 6.92. The number of nitrogens with zero attached hydrogens (tertiary/aromatic N) is 6. The van der Waals surface area contributed by atoms with Crippen molar-refractivity contribution >= 4 is 29.1 Å². The number of benzene rings is 2. The highest BCUT2D eigenvalue weighted by Crippen LogP contribution is 2.37. The maximum atomic E-state index is 14.5. The van der Waals surface area contributed by atoms with Crippen molar-refractivity contribution < 1.29 is 18.4 Å². The molecule has 0 bridgehead atoms. The van der Waals surface area contributed by atoms with E-state index < -0.39 is 23.4 Å². The van der Waals surface area contributed by atoms with Crippen molar-refractivity contribution in [2.24, 2.45) is 0 Å². The van der Waals surface area contributed by atoms with Crippen molar-refractivity contribution in [2.45, 2.75) is 32.4 Å². The fourth-order valence-corrected chi connectivity index (χ4v) is 5.12. The van der Waals surface area contributed by atoms with Crippen LogP contribution in [-0.2, 0) is 13.0 Å². The first-order valence-electron chi connectivity index (χ1n) is 12.2. The minimum atomic E-state index is -0.787. The van der Waals surface area contributed by atoms with Crippen molar-refractivity contribution in [1.29, 1.82) is 0 Å². The third kappa shape index (κ3) is 4.53. The lowest BCUT2D eigenvalue weighted by molar-refractivity contribution is 0.0929. The molecular weight excluding hydrogens is 544 g/mol. The molecule has 1 aliphatic rings. The zero-order valence-corrected chi connectivity index (χ0v) is 21.6. The fraction of sp³-hybridized carbons (Fsp3) is 0.192. The zero-order chi connectivity index (χ0) is 28.0. The zero-order valence-electron chi connectivity index (χ0n) is 20.9. The highest BCUT2D eigenvalue weighted by atomic mass is 35.5. The lowest BCUT2D eigenvalue weighted by Crippen LogP contribution is -2.30. The molecule has 0 saturated carbocycles. The first kappa shape index (κ1) is 25.5. The van der Waals surface area contributed by atoms with Crippen LogP contribution in [0, 0.1) is 18.6 Å². The van der Waals surface area contributed by atoms with E-state index in [0.29, 0.717) is 17.8 Å². The van der Waals surface area contributed by atoms with E-state index in [9.17, 15) is 18.4 Å². The lowest BCUT2D eigenvalue weighted by atomic mass is 9.97. The summed E-state index contributed by atoms with van der Waals surface area (Å²) >= 11 is 5.81. The summed E-state index contributed by atoms with van der Waals surface area (Å²) in [6, 6.07) is 8.78. The van der Waals surface area contributed by atoms with Gasteiger partial charge in [0.1, 0.15) is 17.2 Å².